The van der Waals surface area contributed by atoms with Crippen molar-refractivity contribution < 1.29 is 14.3 Å². The van der Waals surface area contributed by atoms with Gasteiger partial charge in [-0.15, -0.1) is 11.8 Å². The summed E-state index contributed by atoms with van der Waals surface area (Å²) in [7, 11) is 0. The van der Waals surface area contributed by atoms with Crippen molar-refractivity contribution in [2.24, 2.45) is 5.41 Å². The van der Waals surface area contributed by atoms with Gasteiger partial charge in [-0.25, -0.2) is 0 Å². The molecule has 0 spiro atoms. The molecule has 1 aromatic carbocycles. The third-order valence-corrected chi connectivity index (χ3v) is 4.48. The first-order chi connectivity index (χ1) is 9.28. The van der Waals surface area contributed by atoms with Crippen molar-refractivity contribution in [1.82, 2.24) is 0 Å². The van der Waals surface area contributed by atoms with Crippen molar-refractivity contribution in [1.29, 1.82) is 0 Å². The van der Waals surface area contributed by atoms with Gasteiger partial charge in [0, 0.05) is 4.90 Å². The van der Waals surface area contributed by atoms with Crippen LogP contribution in [0.1, 0.15) is 20.8 Å². The van der Waals surface area contributed by atoms with Crippen LogP contribution in [0, 0.1) is 5.41 Å². The standard InChI is InChI=1S/C14H16Cl2O3S/c1-4-19-13(18)14(2,3)12(17)8-20-9-5-6-10(15)11(16)7-9/h5-7H,4,8H2,1-3H3. The molecule has 0 unspecified atom stereocenters. The molecule has 0 N–H and O–H groups in total. The maximum Gasteiger partial charge on any atom is 0.319 e. The molecule has 0 radical (unpaired) electrons. The van der Waals surface area contributed by atoms with Gasteiger partial charge < -0.3 is 4.74 Å². The van der Waals surface area contributed by atoms with Gasteiger partial charge in [-0.3, -0.25) is 9.59 Å². The minimum atomic E-state index is -1.14. The number of carbonyl (C=O) groups is 2. The summed E-state index contributed by atoms with van der Waals surface area (Å²) in [5.74, 6) is -0.518. The van der Waals surface area contributed by atoms with E-state index in [9.17, 15) is 9.59 Å². The van der Waals surface area contributed by atoms with Crippen LogP contribution >= 0.6 is 35.0 Å². The Morgan fingerprint density at radius 2 is 1.90 bits per heavy atom. The van der Waals surface area contributed by atoms with Gasteiger partial charge in [0.2, 0.25) is 0 Å². The second-order valence-corrected chi connectivity index (χ2v) is 6.50. The number of carbonyl (C=O) groups excluding carboxylic acids is 2. The normalized spacial score (nSPS) is 11.2. The molecule has 0 amide bonds. The van der Waals surface area contributed by atoms with Crippen molar-refractivity contribution in [3.05, 3.63) is 28.2 Å². The molecule has 6 heteroatoms. The van der Waals surface area contributed by atoms with Crippen LogP contribution in [0.5, 0.6) is 0 Å². The summed E-state index contributed by atoms with van der Waals surface area (Å²) < 4.78 is 4.91. The number of thioether (sulfide) groups is 1. The largest absolute Gasteiger partial charge is 0.465 e. The lowest BCUT2D eigenvalue weighted by molar-refractivity contribution is -0.157. The number of benzene rings is 1. The number of hydrogen-bond donors (Lipinski definition) is 0. The number of ether oxygens (including phenoxy) is 1. The highest BCUT2D eigenvalue weighted by atomic mass is 35.5. The molecule has 1 aromatic rings. The second-order valence-electron chi connectivity index (χ2n) is 4.63. The predicted molar refractivity (Wildman–Crippen MR) is 82.6 cm³/mol. The van der Waals surface area contributed by atoms with E-state index in [1.165, 1.54) is 11.8 Å². The maximum atomic E-state index is 12.1. The summed E-state index contributed by atoms with van der Waals surface area (Å²) in [4.78, 5) is 24.7. The fourth-order valence-corrected chi connectivity index (χ4v) is 2.71. The van der Waals surface area contributed by atoms with Gasteiger partial charge in [0.1, 0.15) is 5.41 Å². The van der Waals surface area contributed by atoms with Crippen LogP contribution in [0.15, 0.2) is 23.1 Å². The molecule has 110 valence electrons. The Balaban J connectivity index is 2.66. The summed E-state index contributed by atoms with van der Waals surface area (Å²) in [5.41, 5.74) is -1.14. The van der Waals surface area contributed by atoms with Gasteiger partial charge >= 0.3 is 5.97 Å². The monoisotopic (exact) mass is 334 g/mol. The molecule has 0 bridgehead atoms. The average molecular weight is 335 g/mol. The van der Waals surface area contributed by atoms with E-state index in [2.05, 4.69) is 0 Å². The molecule has 0 atom stereocenters. The highest BCUT2D eigenvalue weighted by molar-refractivity contribution is 8.00. The van der Waals surface area contributed by atoms with E-state index in [-0.39, 0.29) is 18.1 Å². The van der Waals surface area contributed by atoms with Gasteiger partial charge in [-0.1, -0.05) is 23.2 Å². The first kappa shape index (κ1) is 17.3. The van der Waals surface area contributed by atoms with E-state index in [4.69, 9.17) is 27.9 Å². The number of Topliss-reactive ketones (excluding diaryl/α,β-unsaturated/α-hetero) is 1. The Morgan fingerprint density at radius 1 is 1.25 bits per heavy atom. The van der Waals surface area contributed by atoms with Gasteiger partial charge in [-0.2, -0.15) is 0 Å². The molecule has 0 aliphatic heterocycles. The Morgan fingerprint density at radius 3 is 2.45 bits per heavy atom. The van der Waals surface area contributed by atoms with Crippen LogP contribution in [0.4, 0.5) is 0 Å². The minimum Gasteiger partial charge on any atom is -0.465 e. The van der Waals surface area contributed by atoms with Crippen LogP contribution in [0.2, 0.25) is 10.0 Å². The summed E-state index contributed by atoms with van der Waals surface area (Å²) in [6.45, 7) is 5.11. The van der Waals surface area contributed by atoms with Crippen molar-refractivity contribution in [3.8, 4) is 0 Å². The van der Waals surface area contributed by atoms with Gasteiger partial charge in [-0.05, 0) is 39.0 Å². The van der Waals surface area contributed by atoms with Gasteiger partial charge in [0.15, 0.2) is 5.78 Å². The number of ketones is 1. The van der Waals surface area contributed by atoms with E-state index in [0.717, 1.165) is 4.90 Å². The van der Waals surface area contributed by atoms with Gasteiger partial charge in [0.05, 0.1) is 22.4 Å². The summed E-state index contributed by atoms with van der Waals surface area (Å²) >= 11 is 13.0. The topological polar surface area (TPSA) is 43.4 Å². The average Bonchev–Trinajstić information content (AvgIpc) is 2.39. The Bertz CT molecular complexity index is 515. The first-order valence-corrected chi connectivity index (χ1v) is 7.81. The van der Waals surface area contributed by atoms with Crippen LogP contribution in [-0.4, -0.2) is 24.1 Å². The first-order valence-electron chi connectivity index (χ1n) is 6.07. The number of rotatable bonds is 6. The Hall–Kier alpha value is -0.710. The smallest absolute Gasteiger partial charge is 0.319 e. The van der Waals surface area contributed by atoms with E-state index in [1.807, 2.05) is 0 Å². The Kier molecular flexibility index (Phi) is 6.37. The van der Waals surface area contributed by atoms with E-state index >= 15 is 0 Å². The summed E-state index contributed by atoms with van der Waals surface area (Å²) in [5, 5.41) is 0.906. The van der Waals surface area contributed by atoms with Crippen LogP contribution in [-0.2, 0) is 14.3 Å². The number of esters is 1. The minimum absolute atomic E-state index is 0.170. The molecular weight excluding hydrogens is 319 g/mol. The molecule has 0 heterocycles. The number of hydrogen-bond acceptors (Lipinski definition) is 4. The highest BCUT2D eigenvalue weighted by Crippen LogP contribution is 2.30. The SMILES string of the molecule is CCOC(=O)C(C)(C)C(=O)CSc1ccc(Cl)c(Cl)c1. The molecule has 0 aliphatic carbocycles. The van der Waals surface area contributed by atoms with Crippen molar-refractivity contribution in [2.45, 2.75) is 25.7 Å². The van der Waals surface area contributed by atoms with Crippen LogP contribution in [0.3, 0.4) is 0 Å². The van der Waals surface area contributed by atoms with E-state index in [1.54, 1.807) is 39.0 Å². The molecule has 1 rings (SSSR count). The molecule has 20 heavy (non-hydrogen) atoms. The fourth-order valence-electron chi connectivity index (χ4n) is 1.32. The lowest BCUT2D eigenvalue weighted by Crippen LogP contribution is -2.36. The number of halogens is 2. The van der Waals surface area contributed by atoms with E-state index < -0.39 is 11.4 Å². The zero-order chi connectivity index (χ0) is 15.3. The van der Waals surface area contributed by atoms with E-state index in [0.29, 0.717) is 10.0 Å². The van der Waals surface area contributed by atoms with Crippen molar-refractivity contribution >= 4 is 46.7 Å². The third kappa shape index (κ3) is 4.40. The third-order valence-electron chi connectivity index (χ3n) is 2.74. The Labute approximate surface area is 133 Å². The quantitative estimate of drug-likeness (QED) is 0.443. The highest BCUT2D eigenvalue weighted by Gasteiger charge is 2.36. The second kappa shape index (κ2) is 7.34. The maximum absolute atomic E-state index is 12.1. The van der Waals surface area contributed by atoms with Crippen LogP contribution < -0.4 is 0 Å². The molecule has 3 nitrogen and oxygen atoms in total. The molecule has 0 saturated heterocycles. The summed E-state index contributed by atoms with van der Waals surface area (Å²) in [6, 6.07) is 5.15. The molecule has 0 aliphatic rings. The lowest BCUT2D eigenvalue weighted by atomic mass is 9.89. The molecular formula is C14H16Cl2O3S. The molecule has 0 aromatic heterocycles. The summed E-state index contributed by atoms with van der Waals surface area (Å²) in [6.07, 6.45) is 0. The molecule has 0 fully saturated rings. The van der Waals surface area contributed by atoms with Crippen LogP contribution in [0.25, 0.3) is 0 Å². The van der Waals surface area contributed by atoms with Gasteiger partial charge in [0.25, 0.3) is 0 Å². The molecule has 0 saturated carbocycles. The lowest BCUT2D eigenvalue weighted by Gasteiger charge is -2.20. The predicted octanol–water partition coefficient (Wildman–Crippen LogP) is 4.24. The zero-order valence-corrected chi connectivity index (χ0v) is 13.9. The fraction of sp³-hybridized carbons (Fsp3) is 0.429. The van der Waals surface area contributed by atoms with Crippen molar-refractivity contribution in [2.75, 3.05) is 12.4 Å². The van der Waals surface area contributed by atoms with Crippen molar-refractivity contribution in [3.63, 3.8) is 0 Å². The zero-order valence-electron chi connectivity index (χ0n) is 11.5.